The van der Waals surface area contributed by atoms with E-state index in [9.17, 15) is 14.0 Å². The van der Waals surface area contributed by atoms with E-state index in [-0.39, 0.29) is 23.9 Å². The first-order valence-electron chi connectivity index (χ1n) is 7.35. The van der Waals surface area contributed by atoms with Gasteiger partial charge in [0.15, 0.2) is 11.5 Å². The van der Waals surface area contributed by atoms with Gasteiger partial charge in [-0.2, -0.15) is 0 Å². The summed E-state index contributed by atoms with van der Waals surface area (Å²) in [5.41, 5.74) is 6.62. The second-order valence-electron chi connectivity index (χ2n) is 5.25. The van der Waals surface area contributed by atoms with Crippen LogP contribution in [-0.4, -0.2) is 26.3 Å². The highest BCUT2D eigenvalue weighted by Gasteiger charge is 2.19. The third kappa shape index (κ3) is 3.69. The van der Waals surface area contributed by atoms with Crippen LogP contribution in [0.3, 0.4) is 0 Å². The lowest BCUT2D eigenvalue weighted by Crippen LogP contribution is -2.21. The topological polar surface area (TPSA) is 103 Å². The summed E-state index contributed by atoms with van der Waals surface area (Å²) in [4.78, 5) is 31.9. The van der Waals surface area contributed by atoms with Gasteiger partial charge in [0.05, 0.1) is 6.33 Å². The molecule has 8 heteroatoms. The monoisotopic (exact) mass is 339 g/mol. The van der Waals surface area contributed by atoms with Crippen LogP contribution in [0.15, 0.2) is 55.1 Å². The molecule has 126 valence electrons. The quantitative estimate of drug-likeness (QED) is 0.740. The van der Waals surface area contributed by atoms with Gasteiger partial charge in [0.25, 0.3) is 11.8 Å². The van der Waals surface area contributed by atoms with E-state index >= 15 is 0 Å². The molecule has 2 aromatic heterocycles. The third-order valence-electron chi connectivity index (χ3n) is 3.51. The predicted octanol–water partition coefficient (Wildman–Crippen LogP) is 1.82. The van der Waals surface area contributed by atoms with Crippen LogP contribution < -0.4 is 11.1 Å². The standard InChI is InChI=1S/C17H14FN5O2/c18-13-3-1-11(2-4-13)9-23-10-21-16(14(23)15(19)24)22-17(25)12-5-7-20-8-6-12/h1-8,10H,9H2,(H2,19,24)(H,22,25). The molecule has 0 aliphatic heterocycles. The number of carbonyl (C=O) groups is 2. The summed E-state index contributed by atoms with van der Waals surface area (Å²) in [6.07, 6.45) is 4.36. The van der Waals surface area contributed by atoms with Crippen molar-refractivity contribution in [3.63, 3.8) is 0 Å². The number of pyridine rings is 1. The molecule has 7 nitrogen and oxygen atoms in total. The van der Waals surface area contributed by atoms with Crippen LogP contribution in [0, 0.1) is 5.82 Å². The first kappa shape index (κ1) is 16.3. The Kier molecular flexibility index (Phi) is 4.51. The lowest BCUT2D eigenvalue weighted by molar-refractivity contribution is 0.0993. The van der Waals surface area contributed by atoms with E-state index < -0.39 is 11.8 Å². The Morgan fingerprint density at radius 3 is 2.44 bits per heavy atom. The molecule has 3 N–H and O–H groups in total. The maximum atomic E-state index is 13.0. The van der Waals surface area contributed by atoms with E-state index in [1.807, 2.05) is 0 Å². The van der Waals surface area contributed by atoms with Crippen molar-refractivity contribution in [2.45, 2.75) is 6.54 Å². The molecule has 1 aromatic carbocycles. The maximum Gasteiger partial charge on any atom is 0.269 e. The summed E-state index contributed by atoms with van der Waals surface area (Å²) >= 11 is 0. The van der Waals surface area contributed by atoms with Crippen molar-refractivity contribution in [2.75, 3.05) is 5.32 Å². The molecule has 0 unspecified atom stereocenters. The number of hydrogen-bond donors (Lipinski definition) is 2. The van der Waals surface area contributed by atoms with Crippen molar-refractivity contribution in [1.29, 1.82) is 0 Å². The lowest BCUT2D eigenvalue weighted by atomic mass is 10.2. The summed E-state index contributed by atoms with van der Waals surface area (Å²) in [7, 11) is 0. The van der Waals surface area contributed by atoms with Crippen molar-refractivity contribution in [3.05, 3.63) is 77.8 Å². The predicted molar refractivity (Wildman–Crippen MR) is 88.4 cm³/mol. The molecule has 25 heavy (non-hydrogen) atoms. The van der Waals surface area contributed by atoms with E-state index in [1.54, 1.807) is 12.1 Å². The minimum atomic E-state index is -0.732. The number of anilines is 1. The minimum absolute atomic E-state index is 0.0618. The fourth-order valence-electron chi connectivity index (χ4n) is 2.32. The molecule has 2 amide bonds. The van der Waals surface area contributed by atoms with Crippen molar-refractivity contribution >= 4 is 17.6 Å². The second kappa shape index (κ2) is 6.91. The average Bonchev–Trinajstić information content (AvgIpc) is 3.00. The molecule has 0 saturated heterocycles. The van der Waals surface area contributed by atoms with Crippen LogP contribution in [0.5, 0.6) is 0 Å². The van der Waals surface area contributed by atoms with Gasteiger partial charge in [0.2, 0.25) is 0 Å². The Balaban J connectivity index is 1.86. The number of amides is 2. The second-order valence-corrected chi connectivity index (χ2v) is 5.25. The lowest BCUT2D eigenvalue weighted by Gasteiger charge is -2.08. The molecule has 0 aliphatic carbocycles. The zero-order chi connectivity index (χ0) is 17.8. The van der Waals surface area contributed by atoms with Crippen LogP contribution in [0.2, 0.25) is 0 Å². The number of nitrogens with zero attached hydrogens (tertiary/aromatic N) is 3. The van der Waals surface area contributed by atoms with Crippen molar-refractivity contribution in [2.24, 2.45) is 5.73 Å². The highest BCUT2D eigenvalue weighted by molar-refractivity contribution is 6.07. The Morgan fingerprint density at radius 1 is 1.12 bits per heavy atom. The number of primary amides is 1. The minimum Gasteiger partial charge on any atom is -0.364 e. The van der Waals surface area contributed by atoms with Gasteiger partial charge in [-0.25, -0.2) is 9.37 Å². The summed E-state index contributed by atoms with van der Waals surface area (Å²) in [5, 5.41) is 2.56. The first-order valence-corrected chi connectivity index (χ1v) is 7.35. The molecule has 3 rings (SSSR count). The van der Waals surface area contributed by atoms with Gasteiger partial charge in [0.1, 0.15) is 5.82 Å². The van der Waals surface area contributed by atoms with Crippen LogP contribution in [-0.2, 0) is 6.54 Å². The summed E-state index contributed by atoms with van der Waals surface area (Å²) < 4.78 is 14.5. The first-order chi connectivity index (χ1) is 12.0. The Morgan fingerprint density at radius 2 is 1.80 bits per heavy atom. The zero-order valence-corrected chi connectivity index (χ0v) is 13.0. The normalized spacial score (nSPS) is 10.4. The molecule has 0 saturated carbocycles. The smallest absolute Gasteiger partial charge is 0.269 e. The largest absolute Gasteiger partial charge is 0.364 e. The Bertz CT molecular complexity index is 907. The molecule has 0 bridgehead atoms. The number of rotatable bonds is 5. The summed E-state index contributed by atoms with van der Waals surface area (Å²) in [5.74, 6) is -1.45. The molecule has 0 spiro atoms. The number of halogens is 1. The van der Waals surface area contributed by atoms with Gasteiger partial charge in [-0.05, 0) is 29.8 Å². The number of benzene rings is 1. The summed E-state index contributed by atoms with van der Waals surface area (Å²) in [6, 6.07) is 8.90. The molecule has 0 aliphatic rings. The summed E-state index contributed by atoms with van der Waals surface area (Å²) in [6.45, 7) is 0.261. The van der Waals surface area contributed by atoms with Gasteiger partial charge < -0.3 is 15.6 Å². The molecular formula is C17H14FN5O2. The molecule has 0 radical (unpaired) electrons. The maximum absolute atomic E-state index is 13.0. The van der Waals surface area contributed by atoms with Crippen molar-refractivity contribution < 1.29 is 14.0 Å². The van der Waals surface area contributed by atoms with Crippen LogP contribution in [0.4, 0.5) is 10.2 Å². The van der Waals surface area contributed by atoms with Gasteiger partial charge in [-0.1, -0.05) is 12.1 Å². The number of nitrogens with two attached hydrogens (primary N) is 1. The molecule has 0 fully saturated rings. The van der Waals surface area contributed by atoms with Gasteiger partial charge >= 0.3 is 0 Å². The molecule has 2 heterocycles. The van der Waals surface area contributed by atoms with E-state index in [0.717, 1.165) is 5.56 Å². The highest BCUT2D eigenvalue weighted by atomic mass is 19.1. The molecule has 3 aromatic rings. The SMILES string of the molecule is NC(=O)c1c(NC(=O)c2ccncc2)ncn1Cc1ccc(F)cc1. The van der Waals surface area contributed by atoms with Crippen molar-refractivity contribution in [3.8, 4) is 0 Å². The van der Waals surface area contributed by atoms with Gasteiger partial charge in [-0.3, -0.25) is 14.6 Å². The van der Waals surface area contributed by atoms with Gasteiger partial charge in [-0.15, -0.1) is 0 Å². The van der Waals surface area contributed by atoms with Crippen LogP contribution >= 0.6 is 0 Å². The van der Waals surface area contributed by atoms with E-state index in [1.165, 1.54) is 47.6 Å². The number of aromatic nitrogens is 3. The van der Waals surface area contributed by atoms with Crippen LogP contribution in [0.25, 0.3) is 0 Å². The average molecular weight is 339 g/mol. The third-order valence-corrected chi connectivity index (χ3v) is 3.51. The highest BCUT2D eigenvalue weighted by Crippen LogP contribution is 2.16. The van der Waals surface area contributed by atoms with E-state index in [0.29, 0.717) is 5.56 Å². The Hall–Kier alpha value is -3.55. The van der Waals surface area contributed by atoms with Crippen LogP contribution in [0.1, 0.15) is 26.4 Å². The van der Waals surface area contributed by atoms with E-state index in [4.69, 9.17) is 5.73 Å². The van der Waals surface area contributed by atoms with E-state index in [2.05, 4.69) is 15.3 Å². The molecular weight excluding hydrogens is 325 g/mol. The molecule has 0 atom stereocenters. The fourth-order valence-corrected chi connectivity index (χ4v) is 2.32. The fraction of sp³-hybridized carbons (Fsp3) is 0.0588. The Labute approximate surface area is 142 Å². The number of nitrogens with one attached hydrogen (secondary N) is 1. The van der Waals surface area contributed by atoms with Gasteiger partial charge in [0, 0.05) is 24.5 Å². The number of hydrogen-bond acceptors (Lipinski definition) is 4. The van der Waals surface area contributed by atoms with Crippen molar-refractivity contribution in [1.82, 2.24) is 14.5 Å². The zero-order valence-electron chi connectivity index (χ0n) is 13.0. The number of imidazole rings is 1. The number of carbonyl (C=O) groups excluding carboxylic acids is 2.